The van der Waals surface area contributed by atoms with Crippen molar-refractivity contribution in [3.05, 3.63) is 35.1 Å². The smallest absolute Gasteiger partial charge is 0.244 e. The SMILES string of the molecule is CC(C)(C)c1nnnn1CC(=O)N1CCN(S(=O)(=O)c2ccccc2Cl)CC1. The van der Waals surface area contributed by atoms with Gasteiger partial charge in [0.25, 0.3) is 0 Å². The van der Waals surface area contributed by atoms with Crippen LogP contribution in [0.4, 0.5) is 0 Å². The van der Waals surface area contributed by atoms with Crippen molar-refractivity contribution < 1.29 is 13.2 Å². The van der Waals surface area contributed by atoms with E-state index in [1.54, 1.807) is 23.1 Å². The molecule has 0 saturated carbocycles. The largest absolute Gasteiger partial charge is 0.338 e. The van der Waals surface area contributed by atoms with Crippen LogP contribution in [0.1, 0.15) is 26.6 Å². The number of hydrogen-bond donors (Lipinski definition) is 0. The third-order valence-electron chi connectivity index (χ3n) is 4.53. The number of tetrazole rings is 1. The average Bonchev–Trinajstić information content (AvgIpc) is 3.10. The molecule has 1 aromatic carbocycles. The Labute approximate surface area is 169 Å². The van der Waals surface area contributed by atoms with Gasteiger partial charge in [0, 0.05) is 31.6 Å². The number of hydrogen-bond acceptors (Lipinski definition) is 6. The van der Waals surface area contributed by atoms with Crippen LogP contribution in [0.3, 0.4) is 0 Å². The van der Waals surface area contributed by atoms with E-state index in [0.29, 0.717) is 18.9 Å². The van der Waals surface area contributed by atoms with Gasteiger partial charge < -0.3 is 4.90 Å². The minimum Gasteiger partial charge on any atom is -0.338 e. The summed E-state index contributed by atoms with van der Waals surface area (Å²) in [6.07, 6.45) is 0. The fourth-order valence-corrected chi connectivity index (χ4v) is 4.96. The third kappa shape index (κ3) is 4.18. The van der Waals surface area contributed by atoms with Crippen molar-refractivity contribution in [1.29, 1.82) is 0 Å². The van der Waals surface area contributed by atoms with Gasteiger partial charge in [-0.15, -0.1) is 5.10 Å². The molecule has 9 nitrogen and oxygen atoms in total. The lowest BCUT2D eigenvalue weighted by Gasteiger charge is -2.34. The number of benzene rings is 1. The number of halogens is 1. The Morgan fingerprint density at radius 2 is 1.79 bits per heavy atom. The molecule has 0 N–H and O–H groups in total. The Hall–Kier alpha value is -2.04. The Morgan fingerprint density at radius 1 is 1.14 bits per heavy atom. The van der Waals surface area contributed by atoms with Crippen molar-refractivity contribution in [3.63, 3.8) is 0 Å². The molecule has 152 valence electrons. The molecule has 2 heterocycles. The highest BCUT2D eigenvalue weighted by Gasteiger charge is 2.32. The molecule has 0 atom stereocenters. The van der Waals surface area contributed by atoms with Crippen LogP contribution in [0.25, 0.3) is 0 Å². The quantitative estimate of drug-likeness (QED) is 0.727. The van der Waals surface area contributed by atoms with Gasteiger partial charge in [0.15, 0.2) is 5.82 Å². The van der Waals surface area contributed by atoms with Crippen molar-refractivity contribution in [2.45, 2.75) is 37.6 Å². The van der Waals surface area contributed by atoms with Crippen LogP contribution < -0.4 is 0 Å². The molecule has 1 aliphatic heterocycles. The molecule has 1 saturated heterocycles. The first-order valence-corrected chi connectivity index (χ1v) is 10.7. The zero-order valence-corrected chi connectivity index (χ0v) is 17.6. The van der Waals surface area contributed by atoms with Gasteiger partial charge in [-0.05, 0) is 22.6 Å². The molecular weight excluding hydrogens is 404 g/mol. The Balaban J connectivity index is 1.65. The number of nitrogens with zero attached hydrogens (tertiary/aromatic N) is 6. The second kappa shape index (κ2) is 7.76. The third-order valence-corrected chi connectivity index (χ3v) is 6.93. The summed E-state index contributed by atoms with van der Waals surface area (Å²) in [5.41, 5.74) is -0.286. The molecule has 0 bridgehead atoms. The number of piperazine rings is 1. The highest BCUT2D eigenvalue weighted by atomic mass is 35.5. The molecule has 1 aliphatic rings. The first-order chi connectivity index (χ1) is 13.1. The first kappa shape index (κ1) is 20.7. The predicted molar refractivity (Wildman–Crippen MR) is 103 cm³/mol. The number of carbonyl (C=O) groups is 1. The van der Waals surface area contributed by atoms with E-state index in [-0.39, 0.29) is 40.9 Å². The number of sulfonamides is 1. The number of aromatic nitrogens is 4. The van der Waals surface area contributed by atoms with E-state index in [9.17, 15) is 13.2 Å². The number of carbonyl (C=O) groups excluding carboxylic acids is 1. The molecule has 1 aromatic heterocycles. The van der Waals surface area contributed by atoms with E-state index >= 15 is 0 Å². The lowest BCUT2D eigenvalue weighted by Crippen LogP contribution is -2.51. The molecule has 0 aliphatic carbocycles. The van der Waals surface area contributed by atoms with Gasteiger partial charge in [0.05, 0.1) is 5.02 Å². The van der Waals surface area contributed by atoms with Crippen molar-refractivity contribution in [2.24, 2.45) is 0 Å². The standard InChI is InChI=1S/C17H23ClN6O3S/c1-17(2,3)16-19-20-21-24(16)12-15(25)22-8-10-23(11-9-22)28(26,27)14-7-5-4-6-13(14)18/h4-7H,8-12H2,1-3H3. The van der Waals surface area contributed by atoms with E-state index < -0.39 is 10.0 Å². The maximum atomic E-state index is 12.8. The average molecular weight is 427 g/mol. The van der Waals surface area contributed by atoms with Gasteiger partial charge in [-0.3, -0.25) is 4.79 Å². The fraction of sp³-hybridized carbons (Fsp3) is 0.529. The van der Waals surface area contributed by atoms with E-state index in [4.69, 9.17) is 11.6 Å². The van der Waals surface area contributed by atoms with Crippen LogP contribution >= 0.6 is 11.6 Å². The number of amides is 1. The Kier molecular flexibility index (Phi) is 5.74. The molecule has 0 unspecified atom stereocenters. The summed E-state index contributed by atoms with van der Waals surface area (Å²) >= 11 is 6.05. The minimum absolute atomic E-state index is 0.0247. The molecular formula is C17H23ClN6O3S. The summed E-state index contributed by atoms with van der Waals surface area (Å²) in [5.74, 6) is 0.480. The maximum Gasteiger partial charge on any atom is 0.244 e. The summed E-state index contributed by atoms with van der Waals surface area (Å²) in [6.45, 7) is 6.96. The van der Waals surface area contributed by atoms with Crippen LogP contribution in [0.15, 0.2) is 29.2 Å². The van der Waals surface area contributed by atoms with Gasteiger partial charge in [-0.2, -0.15) is 4.31 Å². The maximum absolute atomic E-state index is 12.8. The molecule has 3 rings (SSSR count). The van der Waals surface area contributed by atoms with Crippen molar-refractivity contribution in [1.82, 2.24) is 29.4 Å². The van der Waals surface area contributed by atoms with Gasteiger partial charge >= 0.3 is 0 Å². The second-order valence-electron chi connectivity index (χ2n) is 7.63. The van der Waals surface area contributed by atoms with E-state index in [1.807, 2.05) is 20.8 Å². The zero-order chi connectivity index (χ0) is 20.5. The zero-order valence-electron chi connectivity index (χ0n) is 16.0. The van der Waals surface area contributed by atoms with Crippen LogP contribution in [-0.2, 0) is 26.8 Å². The molecule has 1 fully saturated rings. The highest BCUT2D eigenvalue weighted by Crippen LogP contribution is 2.25. The van der Waals surface area contributed by atoms with Crippen molar-refractivity contribution >= 4 is 27.5 Å². The molecule has 1 amide bonds. The van der Waals surface area contributed by atoms with Gasteiger partial charge in [-0.1, -0.05) is 44.5 Å². The Bertz CT molecular complexity index is 961. The van der Waals surface area contributed by atoms with E-state index in [2.05, 4.69) is 15.5 Å². The van der Waals surface area contributed by atoms with Crippen molar-refractivity contribution in [3.8, 4) is 0 Å². The van der Waals surface area contributed by atoms with Gasteiger partial charge in [-0.25, -0.2) is 13.1 Å². The molecule has 2 aromatic rings. The predicted octanol–water partition coefficient (Wildman–Crippen LogP) is 1.16. The van der Waals surface area contributed by atoms with Gasteiger partial charge in [0.1, 0.15) is 11.4 Å². The Morgan fingerprint density at radius 3 is 2.39 bits per heavy atom. The summed E-state index contributed by atoms with van der Waals surface area (Å²) in [7, 11) is -3.69. The normalized spacial score (nSPS) is 16.4. The number of rotatable bonds is 4. The summed E-state index contributed by atoms with van der Waals surface area (Å²) in [6, 6.07) is 6.36. The summed E-state index contributed by atoms with van der Waals surface area (Å²) < 4.78 is 28.5. The molecule has 28 heavy (non-hydrogen) atoms. The van der Waals surface area contributed by atoms with Crippen LogP contribution in [0.5, 0.6) is 0 Å². The minimum atomic E-state index is -3.69. The second-order valence-corrected chi connectivity index (χ2v) is 9.94. The first-order valence-electron chi connectivity index (χ1n) is 8.90. The molecule has 0 spiro atoms. The van der Waals surface area contributed by atoms with Crippen LogP contribution in [-0.4, -0.2) is 69.9 Å². The van der Waals surface area contributed by atoms with Crippen LogP contribution in [0.2, 0.25) is 5.02 Å². The van der Waals surface area contributed by atoms with Crippen LogP contribution in [0, 0.1) is 0 Å². The lowest BCUT2D eigenvalue weighted by atomic mass is 9.96. The summed E-state index contributed by atoms with van der Waals surface area (Å²) in [4.78, 5) is 14.4. The lowest BCUT2D eigenvalue weighted by molar-refractivity contribution is -0.133. The van der Waals surface area contributed by atoms with Gasteiger partial charge in [0.2, 0.25) is 15.9 Å². The molecule has 0 radical (unpaired) electrons. The molecule has 11 heteroatoms. The fourth-order valence-electron chi connectivity index (χ4n) is 3.05. The summed E-state index contributed by atoms with van der Waals surface area (Å²) in [5, 5.41) is 11.8. The highest BCUT2D eigenvalue weighted by molar-refractivity contribution is 7.89. The topological polar surface area (TPSA) is 101 Å². The van der Waals surface area contributed by atoms with E-state index in [0.717, 1.165) is 0 Å². The van der Waals surface area contributed by atoms with E-state index in [1.165, 1.54) is 15.1 Å². The van der Waals surface area contributed by atoms with Crippen molar-refractivity contribution in [2.75, 3.05) is 26.2 Å². The monoisotopic (exact) mass is 426 g/mol.